The zero-order chi connectivity index (χ0) is 17.3. The number of aromatic nitrogens is 2. The molecule has 0 aliphatic carbocycles. The summed E-state index contributed by atoms with van der Waals surface area (Å²) in [6.07, 6.45) is 0.206. The van der Waals surface area contributed by atoms with Gasteiger partial charge >= 0.3 is 0 Å². The van der Waals surface area contributed by atoms with Gasteiger partial charge in [-0.2, -0.15) is 0 Å². The van der Waals surface area contributed by atoms with E-state index in [1.807, 2.05) is 44.2 Å². The van der Waals surface area contributed by atoms with E-state index in [9.17, 15) is 9.59 Å². The summed E-state index contributed by atoms with van der Waals surface area (Å²) in [5, 5.41) is 12.3. The van der Waals surface area contributed by atoms with Gasteiger partial charge in [0.1, 0.15) is 5.01 Å². The molecule has 0 spiro atoms. The molecule has 2 amide bonds. The van der Waals surface area contributed by atoms with Crippen LogP contribution in [0, 0.1) is 5.92 Å². The van der Waals surface area contributed by atoms with E-state index in [0.717, 1.165) is 10.6 Å². The second-order valence-electron chi connectivity index (χ2n) is 6.26. The second-order valence-corrected chi connectivity index (χ2v) is 7.27. The molecule has 24 heavy (non-hydrogen) atoms. The highest BCUT2D eigenvalue weighted by Gasteiger charge is 2.42. The minimum atomic E-state index is -0.434. The first kappa shape index (κ1) is 16.6. The lowest BCUT2D eigenvalue weighted by Gasteiger charge is -2.24. The minimum absolute atomic E-state index is 0.0239. The van der Waals surface area contributed by atoms with Crippen LogP contribution >= 0.6 is 11.3 Å². The summed E-state index contributed by atoms with van der Waals surface area (Å²) in [6, 6.07) is 9.39. The number of carbonyl (C=O) groups excluding carboxylic acids is 2. The topological polar surface area (TPSA) is 75.2 Å². The van der Waals surface area contributed by atoms with Crippen molar-refractivity contribution in [2.45, 2.75) is 32.2 Å². The Morgan fingerprint density at radius 1 is 1.29 bits per heavy atom. The average Bonchev–Trinajstić information content (AvgIpc) is 3.14. The Kier molecular flexibility index (Phi) is 4.62. The van der Waals surface area contributed by atoms with Gasteiger partial charge < -0.3 is 10.2 Å². The maximum absolute atomic E-state index is 12.7. The van der Waals surface area contributed by atoms with E-state index in [1.54, 1.807) is 11.9 Å². The van der Waals surface area contributed by atoms with Crippen LogP contribution in [0.3, 0.4) is 0 Å². The van der Waals surface area contributed by atoms with Gasteiger partial charge in [0.25, 0.3) is 0 Å². The van der Waals surface area contributed by atoms with Crippen LogP contribution in [-0.4, -0.2) is 34.0 Å². The molecule has 0 bridgehead atoms. The van der Waals surface area contributed by atoms with Gasteiger partial charge in [-0.15, -0.1) is 10.2 Å². The number of anilines is 1. The molecule has 1 aliphatic heterocycles. The Hall–Kier alpha value is -2.28. The predicted octanol–water partition coefficient (Wildman–Crippen LogP) is 2.82. The zero-order valence-corrected chi connectivity index (χ0v) is 14.7. The molecule has 2 aromatic rings. The van der Waals surface area contributed by atoms with Crippen LogP contribution < -0.4 is 5.32 Å². The largest absolute Gasteiger partial charge is 0.338 e. The number of carbonyl (C=O) groups is 2. The van der Waals surface area contributed by atoms with Crippen LogP contribution in [0.1, 0.15) is 42.8 Å². The molecular formula is C17H20N4O2S. The van der Waals surface area contributed by atoms with E-state index in [2.05, 4.69) is 15.5 Å². The highest BCUT2D eigenvalue weighted by molar-refractivity contribution is 7.15. The Balaban J connectivity index is 1.80. The number of nitrogens with zero attached hydrogens (tertiary/aromatic N) is 3. The van der Waals surface area contributed by atoms with Crippen molar-refractivity contribution < 1.29 is 9.59 Å². The van der Waals surface area contributed by atoms with E-state index >= 15 is 0 Å². The van der Waals surface area contributed by atoms with Crippen LogP contribution in [0.2, 0.25) is 0 Å². The molecule has 0 unspecified atom stereocenters. The maximum atomic E-state index is 12.7. The van der Waals surface area contributed by atoms with E-state index in [-0.39, 0.29) is 30.2 Å². The van der Waals surface area contributed by atoms with Crippen molar-refractivity contribution in [1.29, 1.82) is 0 Å². The Bertz CT molecular complexity index is 744. The van der Waals surface area contributed by atoms with E-state index < -0.39 is 5.92 Å². The summed E-state index contributed by atoms with van der Waals surface area (Å²) >= 11 is 1.37. The number of rotatable bonds is 4. The molecule has 126 valence electrons. The first-order chi connectivity index (χ1) is 11.5. The molecular weight excluding hydrogens is 324 g/mol. The third-order valence-corrected chi connectivity index (χ3v) is 5.37. The molecule has 1 aliphatic rings. The van der Waals surface area contributed by atoms with Crippen molar-refractivity contribution in [3.63, 3.8) is 0 Å². The fourth-order valence-corrected chi connectivity index (χ4v) is 3.68. The first-order valence-electron chi connectivity index (χ1n) is 7.92. The molecule has 2 atom stereocenters. The molecule has 1 N–H and O–H groups in total. The number of amides is 2. The van der Waals surface area contributed by atoms with E-state index in [0.29, 0.717) is 5.13 Å². The summed E-state index contributed by atoms with van der Waals surface area (Å²) in [7, 11) is 1.75. The molecule has 3 rings (SSSR count). The monoisotopic (exact) mass is 344 g/mol. The number of hydrogen-bond donors (Lipinski definition) is 1. The highest BCUT2D eigenvalue weighted by Crippen LogP contribution is 2.37. The van der Waals surface area contributed by atoms with Gasteiger partial charge in [0.2, 0.25) is 16.9 Å². The van der Waals surface area contributed by atoms with Crippen LogP contribution in [-0.2, 0) is 9.59 Å². The fourth-order valence-electron chi connectivity index (χ4n) is 2.93. The number of benzene rings is 1. The number of likely N-dealkylation sites (tertiary alicyclic amines) is 1. The van der Waals surface area contributed by atoms with E-state index in [4.69, 9.17) is 0 Å². The fraction of sp³-hybridized carbons (Fsp3) is 0.412. The predicted molar refractivity (Wildman–Crippen MR) is 92.7 cm³/mol. The summed E-state index contributed by atoms with van der Waals surface area (Å²) in [5.74, 6) is -0.377. The summed E-state index contributed by atoms with van der Waals surface area (Å²) < 4.78 is 0. The molecule has 0 radical (unpaired) electrons. The summed E-state index contributed by atoms with van der Waals surface area (Å²) in [5.41, 5.74) is 0.964. The van der Waals surface area contributed by atoms with Crippen molar-refractivity contribution in [2.24, 2.45) is 5.92 Å². The molecule has 6 nitrogen and oxygen atoms in total. The van der Waals surface area contributed by atoms with E-state index in [1.165, 1.54) is 11.3 Å². The lowest BCUT2D eigenvalue weighted by Crippen LogP contribution is -2.29. The van der Waals surface area contributed by atoms with Gasteiger partial charge in [0, 0.05) is 19.4 Å². The van der Waals surface area contributed by atoms with Crippen molar-refractivity contribution in [1.82, 2.24) is 15.1 Å². The van der Waals surface area contributed by atoms with Crippen LogP contribution in [0.5, 0.6) is 0 Å². The molecule has 2 heterocycles. The number of nitrogens with one attached hydrogen (secondary N) is 1. The SMILES string of the molecule is CC(C)c1nnc(NC(=O)[C@@H]2CC(=O)N(C)[C@H]2c2ccccc2)s1. The standard InChI is InChI=1S/C17H20N4O2S/c1-10(2)16-19-20-17(24-16)18-15(23)12-9-13(22)21(3)14(12)11-7-5-4-6-8-11/h4-8,10,12,14H,9H2,1-3H3,(H,18,20,23)/t12-,14+/m1/s1. The third kappa shape index (κ3) is 3.17. The minimum Gasteiger partial charge on any atom is -0.338 e. The van der Waals surface area contributed by atoms with Crippen LogP contribution in [0.15, 0.2) is 30.3 Å². The van der Waals surface area contributed by atoms with Crippen LogP contribution in [0.4, 0.5) is 5.13 Å². The van der Waals surface area contributed by atoms with Crippen molar-refractivity contribution in [3.05, 3.63) is 40.9 Å². The van der Waals surface area contributed by atoms with Gasteiger partial charge in [0.05, 0.1) is 12.0 Å². The van der Waals surface area contributed by atoms with Gasteiger partial charge in [-0.25, -0.2) is 0 Å². The highest BCUT2D eigenvalue weighted by atomic mass is 32.1. The normalized spacial score (nSPS) is 20.7. The quantitative estimate of drug-likeness (QED) is 0.925. The maximum Gasteiger partial charge on any atom is 0.232 e. The first-order valence-corrected chi connectivity index (χ1v) is 8.74. The third-order valence-electron chi connectivity index (χ3n) is 4.23. The summed E-state index contributed by atoms with van der Waals surface area (Å²) in [4.78, 5) is 26.5. The van der Waals surface area contributed by atoms with Gasteiger partial charge in [-0.1, -0.05) is 55.5 Å². The smallest absolute Gasteiger partial charge is 0.232 e. The molecule has 1 aromatic carbocycles. The molecule has 0 saturated carbocycles. The van der Waals surface area contributed by atoms with Crippen LogP contribution in [0.25, 0.3) is 0 Å². The van der Waals surface area contributed by atoms with Crippen molar-refractivity contribution in [2.75, 3.05) is 12.4 Å². The molecule has 1 aromatic heterocycles. The molecule has 1 saturated heterocycles. The number of hydrogen-bond acceptors (Lipinski definition) is 5. The zero-order valence-electron chi connectivity index (χ0n) is 13.9. The Morgan fingerprint density at radius 2 is 2.00 bits per heavy atom. The average molecular weight is 344 g/mol. The Labute approximate surface area is 144 Å². The van der Waals surface area contributed by atoms with Crippen molar-refractivity contribution in [3.8, 4) is 0 Å². The second kappa shape index (κ2) is 6.68. The molecule has 1 fully saturated rings. The Morgan fingerprint density at radius 3 is 2.62 bits per heavy atom. The van der Waals surface area contributed by atoms with Gasteiger partial charge in [0.15, 0.2) is 0 Å². The van der Waals surface area contributed by atoms with Crippen molar-refractivity contribution >= 4 is 28.3 Å². The summed E-state index contributed by atoms with van der Waals surface area (Å²) in [6.45, 7) is 4.06. The van der Waals surface area contributed by atoms with Gasteiger partial charge in [-0.3, -0.25) is 9.59 Å². The lowest BCUT2D eigenvalue weighted by atomic mass is 9.93. The van der Waals surface area contributed by atoms with Gasteiger partial charge in [-0.05, 0) is 5.56 Å². The molecule has 7 heteroatoms. The lowest BCUT2D eigenvalue weighted by molar-refractivity contribution is -0.127.